The molecule has 1 saturated heterocycles. The van der Waals surface area contributed by atoms with Crippen molar-refractivity contribution < 1.29 is 14.7 Å². The first-order valence-corrected chi connectivity index (χ1v) is 6.94. The zero-order chi connectivity index (χ0) is 14.7. The first-order chi connectivity index (χ1) is 9.49. The maximum absolute atomic E-state index is 11.5. The maximum Gasteiger partial charge on any atom is 0.305 e. The van der Waals surface area contributed by atoms with E-state index in [1.54, 1.807) is 18.2 Å². The Morgan fingerprint density at radius 2 is 2.15 bits per heavy atom. The fourth-order valence-electron chi connectivity index (χ4n) is 2.68. The summed E-state index contributed by atoms with van der Waals surface area (Å²) in [5.74, 6) is -1.37. The van der Waals surface area contributed by atoms with Gasteiger partial charge >= 0.3 is 5.97 Å². The third-order valence-corrected chi connectivity index (χ3v) is 3.81. The quantitative estimate of drug-likeness (QED) is 0.893. The molecule has 1 fully saturated rings. The molecule has 108 valence electrons. The van der Waals surface area contributed by atoms with Crippen LogP contribution in [0.25, 0.3) is 0 Å². The smallest absolute Gasteiger partial charge is 0.305 e. The highest BCUT2D eigenvalue weighted by Gasteiger charge is 2.27. The van der Waals surface area contributed by atoms with Crippen molar-refractivity contribution in [2.75, 3.05) is 11.4 Å². The summed E-state index contributed by atoms with van der Waals surface area (Å²) in [6.07, 6.45) is 2.78. The van der Waals surface area contributed by atoms with E-state index in [1.807, 2.05) is 4.90 Å². The molecule has 1 amide bonds. The lowest BCUT2D eigenvalue weighted by molar-refractivity contribution is -0.137. The van der Waals surface area contributed by atoms with Gasteiger partial charge in [-0.05, 0) is 37.5 Å². The van der Waals surface area contributed by atoms with Crippen molar-refractivity contribution in [3.05, 3.63) is 28.8 Å². The van der Waals surface area contributed by atoms with E-state index in [9.17, 15) is 9.59 Å². The number of amides is 1. The molecule has 0 aromatic heterocycles. The van der Waals surface area contributed by atoms with Crippen LogP contribution in [0.3, 0.4) is 0 Å². The molecule has 3 N–H and O–H groups in total. The molecule has 1 heterocycles. The van der Waals surface area contributed by atoms with Gasteiger partial charge < -0.3 is 15.7 Å². The van der Waals surface area contributed by atoms with E-state index in [4.69, 9.17) is 22.4 Å². The van der Waals surface area contributed by atoms with Crippen LogP contribution in [0.4, 0.5) is 5.69 Å². The van der Waals surface area contributed by atoms with Crippen molar-refractivity contribution >= 4 is 29.2 Å². The molecule has 1 aromatic rings. The van der Waals surface area contributed by atoms with E-state index in [0.29, 0.717) is 22.8 Å². The van der Waals surface area contributed by atoms with Crippen LogP contribution in [-0.2, 0) is 4.79 Å². The molecule has 1 atom stereocenters. The zero-order valence-electron chi connectivity index (χ0n) is 11.0. The number of carboxylic acids is 1. The molecule has 0 radical (unpaired) electrons. The van der Waals surface area contributed by atoms with Crippen molar-refractivity contribution in [2.24, 2.45) is 5.73 Å². The monoisotopic (exact) mass is 296 g/mol. The number of anilines is 1. The van der Waals surface area contributed by atoms with Crippen LogP contribution >= 0.6 is 11.6 Å². The van der Waals surface area contributed by atoms with Gasteiger partial charge in [0.05, 0.1) is 17.7 Å². The summed E-state index contributed by atoms with van der Waals surface area (Å²) in [4.78, 5) is 24.5. The lowest BCUT2D eigenvalue weighted by Crippen LogP contribution is -2.42. The molecule has 1 unspecified atom stereocenters. The third-order valence-electron chi connectivity index (χ3n) is 3.57. The van der Waals surface area contributed by atoms with Gasteiger partial charge in [-0.3, -0.25) is 9.59 Å². The van der Waals surface area contributed by atoms with Crippen LogP contribution < -0.4 is 10.6 Å². The summed E-state index contributed by atoms with van der Waals surface area (Å²) in [5, 5.41) is 9.52. The first-order valence-electron chi connectivity index (χ1n) is 6.57. The number of hydrogen-bond donors (Lipinski definition) is 2. The van der Waals surface area contributed by atoms with Crippen LogP contribution in [0.1, 0.15) is 36.0 Å². The van der Waals surface area contributed by atoms with E-state index < -0.39 is 11.9 Å². The number of carbonyl (C=O) groups excluding carboxylic acids is 1. The number of halogens is 1. The average Bonchev–Trinajstić information content (AvgIpc) is 2.38. The van der Waals surface area contributed by atoms with Gasteiger partial charge in [0.2, 0.25) is 0 Å². The van der Waals surface area contributed by atoms with Crippen LogP contribution in [0, 0.1) is 0 Å². The molecule has 1 aromatic carbocycles. The molecule has 20 heavy (non-hydrogen) atoms. The van der Waals surface area contributed by atoms with Crippen LogP contribution in [0.15, 0.2) is 18.2 Å². The molecule has 0 spiro atoms. The topological polar surface area (TPSA) is 83.6 Å². The Kier molecular flexibility index (Phi) is 4.49. The molecule has 0 bridgehead atoms. The maximum atomic E-state index is 11.5. The van der Waals surface area contributed by atoms with Crippen LogP contribution in [0.2, 0.25) is 5.02 Å². The lowest BCUT2D eigenvalue weighted by Gasteiger charge is -2.37. The molecule has 0 aliphatic carbocycles. The largest absolute Gasteiger partial charge is 0.481 e. The number of nitrogens with two attached hydrogens (primary N) is 1. The first kappa shape index (κ1) is 14.7. The molecule has 0 saturated carbocycles. The highest BCUT2D eigenvalue weighted by molar-refractivity contribution is 6.31. The van der Waals surface area contributed by atoms with E-state index >= 15 is 0 Å². The predicted octanol–water partition coefficient (Wildman–Crippen LogP) is 2.27. The number of piperidine rings is 1. The molecular weight excluding hydrogens is 280 g/mol. The van der Waals surface area contributed by atoms with Crippen molar-refractivity contribution in [3.63, 3.8) is 0 Å². The second-order valence-corrected chi connectivity index (χ2v) is 5.40. The number of nitrogens with zero attached hydrogens (tertiary/aromatic N) is 1. The van der Waals surface area contributed by atoms with Gasteiger partial charge in [0, 0.05) is 17.6 Å². The van der Waals surface area contributed by atoms with Crippen molar-refractivity contribution in [1.29, 1.82) is 0 Å². The highest BCUT2D eigenvalue weighted by Crippen LogP contribution is 2.31. The van der Waals surface area contributed by atoms with Gasteiger partial charge in [-0.1, -0.05) is 11.6 Å². The summed E-state index contributed by atoms with van der Waals surface area (Å²) in [7, 11) is 0. The Morgan fingerprint density at radius 3 is 2.80 bits per heavy atom. The Bertz CT molecular complexity index is 533. The fraction of sp³-hybridized carbons (Fsp3) is 0.429. The summed E-state index contributed by atoms with van der Waals surface area (Å²) < 4.78 is 0. The van der Waals surface area contributed by atoms with Crippen LogP contribution in [0.5, 0.6) is 0 Å². The predicted molar refractivity (Wildman–Crippen MR) is 77.2 cm³/mol. The standard InChI is InChI=1S/C14H17ClN2O3/c15-9-4-5-11(14(16)20)12(7-9)17-6-2-1-3-10(17)8-13(18)19/h4-5,7,10H,1-3,6,8H2,(H2,16,20)(H,18,19). The Labute approximate surface area is 122 Å². The van der Waals surface area contributed by atoms with Gasteiger partial charge in [-0.25, -0.2) is 0 Å². The van der Waals surface area contributed by atoms with Crippen molar-refractivity contribution in [1.82, 2.24) is 0 Å². The minimum atomic E-state index is -0.843. The number of carboxylic acid groups (broad SMARTS) is 1. The van der Waals surface area contributed by atoms with Crippen molar-refractivity contribution in [3.8, 4) is 0 Å². The van der Waals surface area contributed by atoms with Crippen LogP contribution in [-0.4, -0.2) is 29.6 Å². The minimum absolute atomic E-state index is 0.0463. The number of aliphatic carboxylic acids is 1. The number of hydrogen-bond acceptors (Lipinski definition) is 3. The molecule has 1 aliphatic heterocycles. The van der Waals surface area contributed by atoms with Gasteiger partial charge in [-0.2, -0.15) is 0 Å². The normalized spacial score (nSPS) is 18.9. The molecule has 6 heteroatoms. The van der Waals surface area contributed by atoms with Crippen molar-refractivity contribution in [2.45, 2.75) is 31.7 Å². The van der Waals surface area contributed by atoms with E-state index in [-0.39, 0.29) is 12.5 Å². The molecule has 2 rings (SSSR count). The van der Waals surface area contributed by atoms with Gasteiger partial charge in [0.1, 0.15) is 0 Å². The van der Waals surface area contributed by atoms with Gasteiger partial charge in [0.15, 0.2) is 0 Å². The van der Waals surface area contributed by atoms with E-state index in [2.05, 4.69) is 0 Å². The second-order valence-electron chi connectivity index (χ2n) is 4.97. The van der Waals surface area contributed by atoms with E-state index in [0.717, 1.165) is 19.3 Å². The SMILES string of the molecule is NC(=O)c1ccc(Cl)cc1N1CCCCC1CC(=O)O. The van der Waals surface area contributed by atoms with Gasteiger partial charge in [0.25, 0.3) is 5.91 Å². The second kappa shape index (κ2) is 6.13. The minimum Gasteiger partial charge on any atom is -0.481 e. The summed E-state index contributed by atoms with van der Waals surface area (Å²) in [6.45, 7) is 0.707. The third kappa shape index (κ3) is 3.22. The molecule has 5 nitrogen and oxygen atoms in total. The zero-order valence-corrected chi connectivity index (χ0v) is 11.8. The number of primary amides is 1. The average molecular weight is 297 g/mol. The number of benzene rings is 1. The number of carbonyl (C=O) groups is 2. The fourth-order valence-corrected chi connectivity index (χ4v) is 2.85. The highest BCUT2D eigenvalue weighted by atomic mass is 35.5. The summed E-state index contributed by atoms with van der Waals surface area (Å²) >= 11 is 6.00. The Balaban J connectivity index is 2.38. The summed E-state index contributed by atoms with van der Waals surface area (Å²) in [5.41, 5.74) is 6.41. The summed E-state index contributed by atoms with van der Waals surface area (Å²) in [6, 6.07) is 4.76. The molecular formula is C14H17ClN2O3. The Hall–Kier alpha value is -1.75. The lowest BCUT2D eigenvalue weighted by atomic mass is 9.97. The number of rotatable bonds is 4. The molecule has 1 aliphatic rings. The van der Waals surface area contributed by atoms with Gasteiger partial charge in [-0.15, -0.1) is 0 Å². The van der Waals surface area contributed by atoms with E-state index in [1.165, 1.54) is 0 Å². The Morgan fingerprint density at radius 1 is 1.40 bits per heavy atom.